The molecule has 0 unspecified atom stereocenters. The Balaban J connectivity index is 1.37. The van der Waals surface area contributed by atoms with E-state index in [1.807, 2.05) is 0 Å². The van der Waals surface area contributed by atoms with Gasteiger partial charge in [0, 0.05) is 21.5 Å². The van der Waals surface area contributed by atoms with Gasteiger partial charge in [-0.2, -0.15) is 0 Å². The fourth-order valence-electron chi connectivity index (χ4n) is 7.53. The normalized spacial score (nSPS) is 12.0. The predicted octanol–water partition coefficient (Wildman–Crippen LogP) is 12.1. The van der Waals surface area contributed by atoms with E-state index in [4.69, 9.17) is 0 Å². The van der Waals surface area contributed by atoms with Crippen LogP contribution in [0.4, 0.5) is 0 Å². The van der Waals surface area contributed by atoms with E-state index in [0.717, 1.165) is 0 Å². The van der Waals surface area contributed by atoms with Crippen molar-refractivity contribution in [2.45, 2.75) is 0 Å². The van der Waals surface area contributed by atoms with Gasteiger partial charge in [0.15, 0.2) is 0 Å². The van der Waals surface area contributed by atoms with E-state index in [-0.39, 0.29) is 0 Å². The standard InChI is InChI=1S/C44H27N/c1-3-11-28(12-4-1)34-19-20-36(29-13-5-2-6-14-29)37(21-34)35-24-40-38-22-30-15-7-9-17-32(30)26-42(38)45-43-27-33-18-10-8-16-31(33)23-39(43)41(25-35)44(40)45/h1-27H. The van der Waals surface area contributed by atoms with Crippen LogP contribution < -0.4 is 0 Å². The molecular weight excluding hydrogens is 542 g/mol. The molecule has 0 N–H and O–H groups in total. The van der Waals surface area contributed by atoms with Crippen LogP contribution in [0, 0.1) is 0 Å². The maximum absolute atomic E-state index is 2.51. The summed E-state index contributed by atoms with van der Waals surface area (Å²) in [4.78, 5) is 0. The molecule has 1 heteroatoms. The topological polar surface area (TPSA) is 4.41 Å². The van der Waals surface area contributed by atoms with Gasteiger partial charge < -0.3 is 4.40 Å². The summed E-state index contributed by atoms with van der Waals surface area (Å²) in [7, 11) is 0. The van der Waals surface area contributed by atoms with Gasteiger partial charge in [0.2, 0.25) is 0 Å². The molecule has 1 nitrogen and oxygen atoms in total. The van der Waals surface area contributed by atoms with Gasteiger partial charge in [0.1, 0.15) is 0 Å². The maximum Gasteiger partial charge on any atom is 0.0620 e. The minimum atomic E-state index is 1.22. The zero-order valence-electron chi connectivity index (χ0n) is 24.5. The predicted molar refractivity (Wildman–Crippen MR) is 192 cm³/mol. The van der Waals surface area contributed by atoms with Crippen molar-refractivity contribution in [2.24, 2.45) is 0 Å². The highest BCUT2D eigenvalue weighted by Crippen LogP contribution is 2.45. The number of aromatic nitrogens is 1. The van der Waals surface area contributed by atoms with E-state index in [1.165, 1.54) is 93.0 Å². The highest BCUT2D eigenvalue weighted by Gasteiger charge is 2.21. The van der Waals surface area contributed by atoms with Crippen LogP contribution in [0.2, 0.25) is 0 Å². The molecule has 0 radical (unpaired) electrons. The van der Waals surface area contributed by atoms with Gasteiger partial charge in [-0.1, -0.05) is 121 Å². The Morgan fingerprint density at radius 2 is 0.778 bits per heavy atom. The van der Waals surface area contributed by atoms with Crippen LogP contribution in [0.3, 0.4) is 0 Å². The Kier molecular flexibility index (Phi) is 5.06. The molecule has 0 amide bonds. The first-order chi connectivity index (χ1) is 22.3. The lowest BCUT2D eigenvalue weighted by Gasteiger charge is -2.14. The summed E-state index contributed by atoms with van der Waals surface area (Å²) in [6, 6.07) is 60.3. The smallest absolute Gasteiger partial charge is 0.0620 e. The van der Waals surface area contributed by atoms with Gasteiger partial charge >= 0.3 is 0 Å². The van der Waals surface area contributed by atoms with E-state index in [0.29, 0.717) is 0 Å². The zero-order chi connectivity index (χ0) is 29.5. The second-order valence-electron chi connectivity index (χ2n) is 12.2. The number of rotatable bonds is 3. The summed E-state index contributed by atoms with van der Waals surface area (Å²) < 4.78 is 2.51. The second-order valence-corrected chi connectivity index (χ2v) is 12.2. The van der Waals surface area contributed by atoms with E-state index in [1.54, 1.807) is 0 Å². The number of benzene rings is 8. The minimum absolute atomic E-state index is 1.22. The third-order valence-electron chi connectivity index (χ3n) is 9.65. The van der Waals surface area contributed by atoms with Gasteiger partial charge in [-0.3, -0.25) is 0 Å². The first-order valence-corrected chi connectivity index (χ1v) is 15.6. The molecule has 0 fully saturated rings. The van der Waals surface area contributed by atoms with Crippen molar-refractivity contribution in [3.8, 4) is 33.4 Å². The van der Waals surface area contributed by atoms with Gasteiger partial charge in [-0.15, -0.1) is 0 Å². The average molecular weight is 570 g/mol. The monoisotopic (exact) mass is 569 g/mol. The molecule has 0 saturated heterocycles. The molecule has 208 valence electrons. The molecule has 0 atom stereocenters. The third kappa shape index (κ3) is 3.62. The molecule has 0 aliphatic heterocycles. The van der Waals surface area contributed by atoms with Gasteiger partial charge in [0.05, 0.1) is 16.6 Å². The molecule has 0 bridgehead atoms. The fraction of sp³-hybridized carbons (Fsp3) is 0. The molecule has 8 aromatic carbocycles. The number of hydrogen-bond donors (Lipinski definition) is 0. The Hall–Kier alpha value is -5.92. The largest absolute Gasteiger partial charge is 0.308 e. The van der Waals surface area contributed by atoms with E-state index >= 15 is 0 Å². The zero-order valence-corrected chi connectivity index (χ0v) is 24.5. The summed E-state index contributed by atoms with van der Waals surface area (Å²) in [5, 5.41) is 10.3. The summed E-state index contributed by atoms with van der Waals surface area (Å²) in [5.74, 6) is 0. The molecule has 10 rings (SSSR count). The van der Waals surface area contributed by atoms with Crippen molar-refractivity contribution in [1.29, 1.82) is 0 Å². The van der Waals surface area contributed by atoms with Crippen LogP contribution in [0.1, 0.15) is 0 Å². The van der Waals surface area contributed by atoms with Gasteiger partial charge in [-0.25, -0.2) is 0 Å². The Morgan fingerprint density at radius 3 is 1.33 bits per heavy atom. The lowest BCUT2D eigenvalue weighted by Crippen LogP contribution is -1.88. The van der Waals surface area contributed by atoms with Gasteiger partial charge in [-0.05, 0) is 97.4 Å². The Labute approximate surface area is 260 Å². The van der Waals surface area contributed by atoms with Crippen LogP contribution in [0.5, 0.6) is 0 Å². The van der Waals surface area contributed by atoms with E-state index in [9.17, 15) is 0 Å². The average Bonchev–Trinajstić information content (AvgIpc) is 3.60. The van der Waals surface area contributed by atoms with Crippen molar-refractivity contribution in [3.63, 3.8) is 0 Å². The number of nitrogens with zero attached hydrogens (tertiary/aromatic N) is 1. The van der Waals surface area contributed by atoms with Crippen LogP contribution in [0.25, 0.3) is 93.0 Å². The van der Waals surface area contributed by atoms with Crippen molar-refractivity contribution in [2.75, 3.05) is 0 Å². The SMILES string of the molecule is c1ccc(-c2ccc(-c3ccccc3)c(-c3cc4c5cc6ccccc6cc5n5c6cc7ccccc7cc6c(c3)c45)c2)cc1. The summed E-state index contributed by atoms with van der Waals surface area (Å²) in [6.07, 6.45) is 0. The van der Waals surface area contributed by atoms with Crippen LogP contribution in [0.15, 0.2) is 164 Å². The quantitative estimate of drug-likeness (QED) is 0.199. The first kappa shape index (κ1) is 24.5. The van der Waals surface area contributed by atoms with Crippen molar-refractivity contribution >= 4 is 59.6 Å². The Morgan fingerprint density at radius 1 is 0.289 bits per heavy atom. The number of hydrogen-bond acceptors (Lipinski definition) is 0. The third-order valence-corrected chi connectivity index (χ3v) is 9.65. The lowest BCUT2D eigenvalue weighted by molar-refractivity contribution is 1.38. The molecule has 0 saturated carbocycles. The van der Waals surface area contributed by atoms with Crippen LogP contribution >= 0.6 is 0 Å². The molecule has 0 aliphatic rings. The van der Waals surface area contributed by atoms with Crippen molar-refractivity contribution in [1.82, 2.24) is 4.40 Å². The molecular formula is C44H27N. The number of fused-ring (bicyclic) bond motifs is 8. The van der Waals surface area contributed by atoms with E-state index in [2.05, 4.69) is 168 Å². The minimum Gasteiger partial charge on any atom is -0.308 e. The fourth-order valence-corrected chi connectivity index (χ4v) is 7.53. The second kappa shape index (κ2) is 9.29. The summed E-state index contributed by atoms with van der Waals surface area (Å²) in [5.41, 5.74) is 11.2. The summed E-state index contributed by atoms with van der Waals surface area (Å²) >= 11 is 0. The van der Waals surface area contributed by atoms with E-state index < -0.39 is 0 Å². The molecule has 2 heterocycles. The molecule has 45 heavy (non-hydrogen) atoms. The molecule has 2 aromatic heterocycles. The highest BCUT2D eigenvalue weighted by molar-refractivity contribution is 6.27. The molecule has 0 spiro atoms. The highest BCUT2D eigenvalue weighted by atomic mass is 14.9. The Bertz CT molecular complexity index is 2610. The van der Waals surface area contributed by atoms with Crippen LogP contribution in [-0.4, -0.2) is 4.40 Å². The molecule has 10 aromatic rings. The van der Waals surface area contributed by atoms with Crippen LogP contribution in [-0.2, 0) is 0 Å². The summed E-state index contributed by atoms with van der Waals surface area (Å²) in [6.45, 7) is 0. The van der Waals surface area contributed by atoms with Crippen molar-refractivity contribution < 1.29 is 0 Å². The lowest BCUT2D eigenvalue weighted by atomic mass is 9.89. The molecule has 0 aliphatic carbocycles. The van der Waals surface area contributed by atoms with Gasteiger partial charge in [0.25, 0.3) is 0 Å². The maximum atomic E-state index is 2.51. The first-order valence-electron chi connectivity index (χ1n) is 15.6. The van der Waals surface area contributed by atoms with Crippen molar-refractivity contribution in [3.05, 3.63) is 164 Å².